The smallest absolute Gasteiger partial charge is 0.278 e. The maximum absolute atomic E-state index is 11.5. The predicted octanol–water partition coefficient (Wildman–Crippen LogP) is 1.02. The molecule has 0 unspecified atom stereocenters. The summed E-state index contributed by atoms with van der Waals surface area (Å²) in [5, 5.41) is 4.81. The minimum absolute atomic E-state index is 0.233. The van der Waals surface area contributed by atoms with Crippen molar-refractivity contribution in [2.75, 3.05) is 6.61 Å². The zero-order valence-electron chi connectivity index (χ0n) is 8.14. The maximum Gasteiger partial charge on any atom is 0.278 e. The van der Waals surface area contributed by atoms with Crippen LogP contribution in [0, 0.1) is 6.92 Å². The molecule has 0 spiro atoms. The summed E-state index contributed by atoms with van der Waals surface area (Å²) in [5.41, 5.74) is -0.233. The van der Waals surface area contributed by atoms with Crippen LogP contribution in [0.15, 0.2) is 23.5 Å². The molecular formula is C9H9N3O2S. The van der Waals surface area contributed by atoms with Gasteiger partial charge in [0.1, 0.15) is 11.6 Å². The van der Waals surface area contributed by atoms with Gasteiger partial charge >= 0.3 is 0 Å². The van der Waals surface area contributed by atoms with E-state index in [1.165, 1.54) is 21.9 Å². The summed E-state index contributed by atoms with van der Waals surface area (Å²) in [6.07, 6.45) is 1.60. The summed E-state index contributed by atoms with van der Waals surface area (Å²) in [5.74, 6) is 0.309. The Morgan fingerprint density at radius 2 is 2.53 bits per heavy atom. The van der Waals surface area contributed by atoms with Crippen molar-refractivity contribution in [1.82, 2.24) is 14.6 Å². The molecular weight excluding hydrogens is 214 g/mol. The fourth-order valence-corrected chi connectivity index (χ4v) is 1.84. The monoisotopic (exact) mass is 223 g/mol. The second-order valence-electron chi connectivity index (χ2n) is 2.85. The molecule has 2 aromatic rings. The number of nitrogens with zero attached hydrogens (tertiary/aromatic N) is 3. The van der Waals surface area contributed by atoms with Crippen LogP contribution in [0.2, 0.25) is 0 Å². The number of fused-ring (bicyclic) bond motifs is 1. The Balaban J connectivity index is 2.51. The van der Waals surface area contributed by atoms with Crippen molar-refractivity contribution in [3.63, 3.8) is 0 Å². The highest BCUT2D eigenvalue weighted by molar-refractivity contribution is 7.16. The van der Waals surface area contributed by atoms with Gasteiger partial charge in [-0.3, -0.25) is 4.79 Å². The van der Waals surface area contributed by atoms with Crippen LogP contribution in [0.1, 0.15) is 5.01 Å². The SMILES string of the molecule is C=CCOc1cc(=O)n2nc(C)sc2n1. The highest BCUT2D eigenvalue weighted by Crippen LogP contribution is 2.12. The Kier molecular flexibility index (Phi) is 2.51. The Labute approximate surface area is 89.7 Å². The minimum Gasteiger partial charge on any atom is -0.473 e. The number of ether oxygens (including phenoxy) is 1. The molecule has 0 amide bonds. The third-order valence-electron chi connectivity index (χ3n) is 1.67. The largest absolute Gasteiger partial charge is 0.473 e. The quantitative estimate of drug-likeness (QED) is 0.729. The topological polar surface area (TPSA) is 56.5 Å². The molecule has 15 heavy (non-hydrogen) atoms. The summed E-state index contributed by atoms with van der Waals surface area (Å²) in [4.78, 5) is 16.2. The van der Waals surface area contributed by atoms with Gasteiger partial charge in [-0.05, 0) is 6.92 Å². The average molecular weight is 223 g/mol. The van der Waals surface area contributed by atoms with E-state index in [0.717, 1.165) is 5.01 Å². The standard InChI is InChI=1S/C9H9N3O2S/c1-3-4-14-7-5-8(13)12-9(10-7)15-6(2)11-12/h3,5H,1,4H2,2H3. The van der Waals surface area contributed by atoms with Crippen LogP contribution in [0.25, 0.3) is 4.96 Å². The summed E-state index contributed by atoms with van der Waals surface area (Å²) >= 11 is 1.35. The second kappa shape index (κ2) is 3.82. The number of aryl methyl sites for hydroxylation is 1. The van der Waals surface area contributed by atoms with Crippen molar-refractivity contribution in [2.24, 2.45) is 0 Å². The lowest BCUT2D eigenvalue weighted by Crippen LogP contribution is -2.14. The lowest BCUT2D eigenvalue weighted by molar-refractivity contribution is 0.348. The molecule has 0 atom stereocenters. The van der Waals surface area contributed by atoms with Crippen molar-refractivity contribution in [3.8, 4) is 5.88 Å². The van der Waals surface area contributed by atoms with Crippen LogP contribution >= 0.6 is 11.3 Å². The van der Waals surface area contributed by atoms with Gasteiger partial charge in [0, 0.05) is 0 Å². The molecule has 0 aromatic carbocycles. The molecule has 0 saturated carbocycles. The van der Waals surface area contributed by atoms with Gasteiger partial charge < -0.3 is 4.74 Å². The van der Waals surface area contributed by atoms with Gasteiger partial charge in [-0.15, -0.1) is 0 Å². The zero-order valence-corrected chi connectivity index (χ0v) is 8.95. The molecule has 0 aliphatic heterocycles. The fraction of sp³-hybridized carbons (Fsp3) is 0.222. The molecule has 0 N–H and O–H groups in total. The van der Waals surface area contributed by atoms with Gasteiger partial charge in [0.25, 0.3) is 5.56 Å². The number of hydrogen-bond donors (Lipinski definition) is 0. The first kappa shape index (κ1) is 9.85. The molecule has 0 aliphatic rings. The molecule has 0 radical (unpaired) electrons. The van der Waals surface area contributed by atoms with Crippen LogP contribution in [0.5, 0.6) is 5.88 Å². The van der Waals surface area contributed by atoms with Crippen LogP contribution < -0.4 is 10.3 Å². The number of hydrogen-bond acceptors (Lipinski definition) is 5. The van der Waals surface area contributed by atoms with Crippen molar-refractivity contribution < 1.29 is 4.74 Å². The fourth-order valence-electron chi connectivity index (χ4n) is 1.10. The highest BCUT2D eigenvalue weighted by atomic mass is 32.1. The van der Waals surface area contributed by atoms with Gasteiger partial charge in [0.15, 0.2) is 0 Å². The van der Waals surface area contributed by atoms with Crippen LogP contribution in [0.3, 0.4) is 0 Å². The first-order chi connectivity index (χ1) is 7.20. The van der Waals surface area contributed by atoms with E-state index in [2.05, 4.69) is 16.7 Å². The van der Waals surface area contributed by atoms with Gasteiger partial charge in [0.2, 0.25) is 10.8 Å². The summed E-state index contributed by atoms with van der Waals surface area (Å²) in [7, 11) is 0. The van der Waals surface area contributed by atoms with Gasteiger partial charge in [-0.25, -0.2) is 0 Å². The Morgan fingerprint density at radius 3 is 3.27 bits per heavy atom. The van der Waals surface area contributed by atoms with Crippen molar-refractivity contribution in [2.45, 2.75) is 6.92 Å². The van der Waals surface area contributed by atoms with E-state index >= 15 is 0 Å². The summed E-state index contributed by atoms with van der Waals surface area (Å²) < 4.78 is 6.45. The molecule has 5 nitrogen and oxygen atoms in total. The van der Waals surface area contributed by atoms with E-state index in [0.29, 0.717) is 17.4 Å². The third kappa shape index (κ3) is 1.89. The summed E-state index contributed by atoms with van der Waals surface area (Å²) in [6.45, 7) is 5.67. The van der Waals surface area contributed by atoms with E-state index in [1.807, 2.05) is 6.92 Å². The van der Waals surface area contributed by atoms with Crippen LogP contribution in [-0.2, 0) is 0 Å². The normalized spacial score (nSPS) is 10.5. The van der Waals surface area contributed by atoms with Gasteiger partial charge in [0.05, 0.1) is 6.07 Å². The maximum atomic E-state index is 11.5. The molecule has 0 fully saturated rings. The van der Waals surface area contributed by atoms with Crippen molar-refractivity contribution >= 4 is 16.3 Å². The van der Waals surface area contributed by atoms with E-state index in [9.17, 15) is 4.79 Å². The minimum atomic E-state index is -0.233. The number of rotatable bonds is 3. The molecule has 0 saturated heterocycles. The van der Waals surface area contributed by atoms with Gasteiger partial charge in [-0.2, -0.15) is 14.6 Å². The van der Waals surface area contributed by atoms with E-state index in [-0.39, 0.29) is 5.56 Å². The highest BCUT2D eigenvalue weighted by Gasteiger charge is 2.06. The predicted molar refractivity (Wildman–Crippen MR) is 57.6 cm³/mol. The van der Waals surface area contributed by atoms with E-state index in [4.69, 9.17) is 4.74 Å². The van der Waals surface area contributed by atoms with Crippen molar-refractivity contribution in [3.05, 3.63) is 34.1 Å². The molecule has 78 valence electrons. The molecule has 2 rings (SSSR count). The Bertz CT molecular complexity index is 558. The van der Waals surface area contributed by atoms with E-state index < -0.39 is 0 Å². The first-order valence-corrected chi connectivity index (χ1v) is 5.13. The lowest BCUT2D eigenvalue weighted by Gasteiger charge is -1.99. The van der Waals surface area contributed by atoms with Crippen molar-refractivity contribution in [1.29, 1.82) is 0 Å². The van der Waals surface area contributed by atoms with Gasteiger partial charge in [-0.1, -0.05) is 24.0 Å². The Hall–Kier alpha value is -1.69. The van der Waals surface area contributed by atoms with Crippen LogP contribution in [-0.4, -0.2) is 21.2 Å². The lowest BCUT2D eigenvalue weighted by atomic mass is 10.6. The van der Waals surface area contributed by atoms with E-state index in [1.54, 1.807) is 6.08 Å². The molecule has 0 aliphatic carbocycles. The first-order valence-electron chi connectivity index (χ1n) is 4.32. The third-order valence-corrected chi connectivity index (χ3v) is 2.50. The molecule has 2 aromatic heterocycles. The molecule has 2 heterocycles. The second-order valence-corrected chi connectivity index (χ2v) is 4.01. The summed E-state index contributed by atoms with van der Waals surface area (Å²) in [6, 6.07) is 1.32. The van der Waals surface area contributed by atoms with Crippen LogP contribution in [0.4, 0.5) is 0 Å². The average Bonchev–Trinajstić information content (AvgIpc) is 2.56. The molecule has 6 heteroatoms. The number of aromatic nitrogens is 3. The zero-order chi connectivity index (χ0) is 10.8. The molecule has 0 bridgehead atoms. The Morgan fingerprint density at radius 1 is 1.73 bits per heavy atom.